The van der Waals surface area contributed by atoms with Crippen LogP contribution in [0.5, 0.6) is 0 Å². The molecule has 0 atom stereocenters. The van der Waals surface area contributed by atoms with Crippen molar-refractivity contribution in [3.8, 4) is 0 Å². The predicted octanol–water partition coefficient (Wildman–Crippen LogP) is 3.21. The van der Waals surface area contributed by atoms with Gasteiger partial charge >= 0.3 is 12.0 Å². The second kappa shape index (κ2) is 8.09. The number of nitrogens with one attached hydrogen (secondary N) is 1. The number of amides is 3. The van der Waals surface area contributed by atoms with Crippen molar-refractivity contribution in [3.63, 3.8) is 0 Å². The maximum atomic E-state index is 12.3. The van der Waals surface area contributed by atoms with E-state index in [4.69, 9.17) is 0 Å². The summed E-state index contributed by atoms with van der Waals surface area (Å²) >= 11 is 1.64. The van der Waals surface area contributed by atoms with Gasteiger partial charge in [-0.25, -0.2) is 9.69 Å². The molecular weight excluding hydrogens is 364 g/mol. The van der Waals surface area contributed by atoms with Crippen LogP contribution in [0.4, 0.5) is 4.79 Å². The zero-order chi connectivity index (χ0) is 19.4. The standard InChI is InChI=1S/C20H18N2O4S/c1-13-3-7-15(8-4-13)27-16-9-5-14(6-10-16)11-17-19(24)22(20(25)21-17)12-18(23)26-2/h3-11H,12H2,1-2H3,(H,21,25)/b17-11+. The molecule has 0 unspecified atom stereocenters. The van der Waals surface area contributed by atoms with Crippen LogP contribution in [0.2, 0.25) is 0 Å². The first kappa shape index (κ1) is 18.7. The van der Waals surface area contributed by atoms with Crippen LogP contribution in [0.15, 0.2) is 64.0 Å². The van der Waals surface area contributed by atoms with Crippen LogP contribution in [-0.4, -0.2) is 36.5 Å². The molecule has 27 heavy (non-hydrogen) atoms. The molecular formula is C20H18N2O4S. The van der Waals surface area contributed by atoms with Crippen molar-refractivity contribution >= 4 is 35.7 Å². The first-order chi connectivity index (χ1) is 13.0. The average molecular weight is 382 g/mol. The Hall–Kier alpha value is -3.06. The zero-order valence-electron chi connectivity index (χ0n) is 14.9. The minimum absolute atomic E-state index is 0.128. The number of imide groups is 1. The monoisotopic (exact) mass is 382 g/mol. The molecule has 6 nitrogen and oxygen atoms in total. The second-order valence-electron chi connectivity index (χ2n) is 5.94. The van der Waals surface area contributed by atoms with Crippen LogP contribution in [-0.2, 0) is 14.3 Å². The normalized spacial score (nSPS) is 15.2. The molecule has 0 aromatic heterocycles. The van der Waals surface area contributed by atoms with Crippen LogP contribution >= 0.6 is 11.8 Å². The molecule has 0 saturated carbocycles. The van der Waals surface area contributed by atoms with Gasteiger partial charge < -0.3 is 10.1 Å². The van der Waals surface area contributed by atoms with Crippen LogP contribution in [0.25, 0.3) is 6.08 Å². The van der Waals surface area contributed by atoms with Gasteiger partial charge in [0.2, 0.25) is 0 Å². The van der Waals surface area contributed by atoms with Gasteiger partial charge in [0.25, 0.3) is 5.91 Å². The maximum absolute atomic E-state index is 12.3. The summed E-state index contributed by atoms with van der Waals surface area (Å²) in [6.45, 7) is 1.64. The van der Waals surface area contributed by atoms with Gasteiger partial charge in [-0.2, -0.15) is 0 Å². The fourth-order valence-electron chi connectivity index (χ4n) is 2.45. The third-order valence-electron chi connectivity index (χ3n) is 3.92. The van der Waals surface area contributed by atoms with Gasteiger partial charge in [0.15, 0.2) is 0 Å². The van der Waals surface area contributed by atoms with E-state index >= 15 is 0 Å². The first-order valence-electron chi connectivity index (χ1n) is 8.22. The van der Waals surface area contributed by atoms with E-state index in [1.165, 1.54) is 12.7 Å². The summed E-state index contributed by atoms with van der Waals surface area (Å²) < 4.78 is 4.50. The number of rotatable bonds is 5. The number of esters is 1. The van der Waals surface area contributed by atoms with Gasteiger partial charge in [-0.1, -0.05) is 41.6 Å². The lowest BCUT2D eigenvalue weighted by Crippen LogP contribution is -2.36. The van der Waals surface area contributed by atoms with E-state index in [1.807, 2.05) is 31.2 Å². The third kappa shape index (κ3) is 4.57. The Balaban J connectivity index is 1.70. The summed E-state index contributed by atoms with van der Waals surface area (Å²) in [6, 6.07) is 15.3. The minimum Gasteiger partial charge on any atom is -0.468 e. The highest BCUT2D eigenvalue weighted by molar-refractivity contribution is 7.99. The van der Waals surface area contributed by atoms with Crippen LogP contribution in [0.1, 0.15) is 11.1 Å². The molecule has 0 spiro atoms. The molecule has 1 fully saturated rings. The summed E-state index contributed by atoms with van der Waals surface area (Å²) in [6.07, 6.45) is 1.58. The van der Waals surface area contributed by atoms with E-state index in [9.17, 15) is 14.4 Å². The van der Waals surface area contributed by atoms with E-state index < -0.39 is 24.5 Å². The lowest BCUT2D eigenvalue weighted by atomic mass is 10.2. The van der Waals surface area contributed by atoms with Crippen molar-refractivity contribution in [1.82, 2.24) is 10.2 Å². The van der Waals surface area contributed by atoms with Crippen molar-refractivity contribution in [3.05, 3.63) is 65.4 Å². The minimum atomic E-state index is -0.655. The van der Waals surface area contributed by atoms with E-state index in [-0.39, 0.29) is 5.70 Å². The maximum Gasteiger partial charge on any atom is 0.329 e. The lowest BCUT2D eigenvalue weighted by Gasteiger charge is -2.09. The van der Waals surface area contributed by atoms with Gasteiger partial charge in [-0.05, 0) is 42.8 Å². The summed E-state index contributed by atoms with van der Waals surface area (Å²) in [7, 11) is 1.20. The van der Waals surface area contributed by atoms with Gasteiger partial charge in [0, 0.05) is 9.79 Å². The Morgan fingerprint density at radius 1 is 1.07 bits per heavy atom. The second-order valence-corrected chi connectivity index (χ2v) is 7.09. The molecule has 1 N–H and O–H groups in total. The smallest absolute Gasteiger partial charge is 0.329 e. The van der Waals surface area contributed by atoms with Crippen molar-refractivity contribution < 1.29 is 19.1 Å². The fourth-order valence-corrected chi connectivity index (χ4v) is 3.27. The molecule has 1 saturated heterocycles. The predicted molar refractivity (Wildman–Crippen MR) is 102 cm³/mol. The summed E-state index contributed by atoms with van der Waals surface area (Å²) in [5.41, 5.74) is 2.11. The van der Waals surface area contributed by atoms with Crippen LogP contribution in [0.3, 0.4) is 0 Å². The lowest BCUT2D eigenvalue weighted by molar-refractivity contribution is -0.143. The largest absolute Gasteiger partial charge is 0.468 e. The number of urea groups is 1. The zero-order valence-corrected chi connectivity index (χ0v) is 15.7. The Morgan fingerprint density at radius 3 is 2.26 bits per heavy atom. The number of hydrogen-bond donors (Lipinski definition) is 1. The van der Waals surface area contributed by atoms with Crippen molar-refractivity contribution in [2.45, 2.75) is 16.7 Å². The topological polar surface area (TPSA) is 75.7 Å². The number of methoxy groups -OCH3 is 1. The van der Waals surface area contributed by atoms with Gasteiger partial charge in [-0.3, -0.25) is 9.59 Å². The number of aryl methyl sites for hydroxylation is 1. The fraction of sp³-hybridized carbons (Fsp3) is 0.150. The molecule has 0 bridgehead atoms. The molecule has 1 heterocycles. The van der Waals surface area contributed by atoms with E-state index in [1.54, 1.807) is 17.8 Å². The number of hydrogen-bond acceptors (Lipinski definition) is 5. The molecule has 2 aromatic carbocycles. The number of benzene rings is 2. The highest BCUT2D eigenvalue weighted by Crippen LogP contribution is 2.28. The van der Waals surface area contributed by atoms with Gasteiger partial charge in [0.05, 0.1) is 7.11 Å². The summed E-state index contributed by atoms with van der Waals surface area (Å²) in [5.74, 6) is -1.21. The molecule has 2 aromatic rings. The Morgan fingerprint density at radius 2 is 1.67 bits per heavy atom. The number of ether oxygens (including phenoxy) is 1. The number of nitrogens with zero attached hydrogens (tertiary/aromatic N) is 1. The Kier molecular flexibility index (Phi) is 5.61. The summed E-state index contributed by atoms with van der Waals surface area (Å²) in [5, 5.41) is 2.48. The van der Waals surface area contributed by atoms with Crippen LogP contribution in [0, 0.1) is 6.92 Å². The Labute approximate surface area is 161 Å². The van der Waals surface area contributed by atoms with Crippen molar-refractivity contribution in [1.29, 1.82) is 0 Å². The van der Waals surface area contributed by atoms with E-state index in [0.717, 1.165) is 20.3 Å². The third-order valence-corrected chi connectivity index (χ3v) is 4.94. The molecule has 138 valence electrons. The van der Waals surface area contributed by atoms with E-state index in [2.05, 4.69) is 34.3 Å². The molecule has 1 aliphatic rings. The highest BCUT2D eigenvalue weighted by Gasteiger charge is 2.35. The summed E-state index contributed by atoms with van der Waals surface area (Å²) in [4.78, 5) is 38.5. The van der Waals surface area contributed by atoms with E-state index in [0.29, 0.717) is 0 Å². The number of carbonyl (C=O) groups excluding carboxylic acids is 3. The first-order valence-corrected chi connectivity index (χ1v) is 9.04. The molecule has 7 heteroatoms. The van der Waals surface area contributed by atoms with Crippen molar-refractivity contribution in [2.75, 3.05) is 13.7 Å². The quantitative estimate of drug-likeness (QED) is 0.488. The molecule has 0 aliphatic carbocycles. The SMILES string of the molecule is COC(=O)CN1C(=O)N/C(=C/c2ccc(Sc3ccc(C)cc3)cc2)C1=O. The van der Waals surface area contributed by atoms with Gasteiger partial charge in [0.1, 0.15) is 12.2 Å². The van der Waals surface area contributed by atoms with Crippen molar-refractivity contribution in [2.24, 2.45) is 0 Å². The Bertz CT molecular complexity index is 905. The van der Waals surface area contributed by atoms with Crippen LogP contribution < -0.4 is 5.32 Å². The average Bonchev–Trinajstić information content (AvgIpc) is 2.92. The molecule has 1 aliphatic heterocycles. The molecule has 3 rings (SSSR count). The molecule has 3 amide bonds. The van der Waals surface area contributed by atoms with Gasteiger partial charge in [-0.15, -0.1) is 0 Å². The number of carbonyl (C=O) groups is 3. The molecule has 0 radical (unpaired) electrons. The highest BCUT2D eigenvalue weighted by atomic mass is 32.2.